The topological polar surface area (TPSA) is 42.1 Å². The van der Waals surface area contributed by atoms with E-state index in [0.29, 0.717) is 0 Å². The highest BCUT2D eigenvalue weighted by Crippen LogP contribution is 2.31. The van der Waals surface area contributed by atoms with Crippen molar-refractivity contribution in [3.05, 3.63) is 41.8 Å². The van der Waals surface area contributed by atoms with Crippen molar-refractivity contribution in [2.75, 3.05) is 11.4 Å². The summed E-state index contributed by atoms with van der Waals surface area (Å²) in [4.78, 5) is 2.15. The van der Waals surface area contributed by atoms with Gasteiger partial charge in [-0.3, -0.25) is 0 Å². The molecule has 0 saturated heterocycles. The van der Waals surface area contributed by atoms with Crippen LogP contribution in [0.15, 0.2) is 46.6 Å². The van der Waals surface area contributed by atoms with Crippen LogP contribution < -0.4 is 10.3 Å². The molecule has 4 nitrogen and oxygen atoms in total. The zero-order chi connectivity index (χ0) is 9.38. The molecule has 1 aromatic carbocycles. The van der Waals surface area contributed by atoms with E-state index in [1.54, 1.807) is 6.20 Å². The van der Waals surface area contributed by atoms with Crippen molar-refractivity contribution >= 4 is 5.69 Å². The maximum absolute atomic E-state index is 3.96. The molecule has 0 atom stereocenters. The van der Waals surface area contributed by atoms with E-state index in [1.807, 2.05) is 6.07 Å². The molecule has 2 aliphatic rings. The molecule has 4 heteroatoms. The van der Waals surface area contributed by atoms with Crippen LogP contribution in [-0.2, 0) is 6.42 Å². The summed E-state index contributed by atoms with van der Waals surface area (Å²) in [5.74, 6) is 0.843. The molecule has 0 amide bonds. The van der Waals surface area contributed by atoms with E-state index in [-0.39, 0.29) is 0 Å². The fourth-order valence-electron chi connectivity index (χ4n) is 1.87. The maximum Gasteiger partial charge on any atom is 0.177 e. The van der Waals surface area contributed by atoms with Gasteiger partial charge in [-0.05, 0) is 23.3 Å². The highest BCUT2D eigenvalue weighted by Gasteiger charge is 2.22. The lowest BCUT2D eigenvalue weighted by molar-refractivity contribution is 0.887. The average molecular weight is 185 g/mol. The molecule has 1 aromatic rings. The summed E-state index contributed by atoms with van der Waals surface area (Å²) >= 11 is 0. The average Bonchev–Trinajstić information content (AvgIpc) is 2.85. The Hall–Kier alpha value is -1.84. The molecule has 14 heavy (non-hydrogen) atoms. The summed E-state index contributed by atoms with van der Waals surface area (Å²) in [5, 5.41) is 7.56. The van der Waals surface area contributed by atoms with E-state index in [0.717, 1.165) is 18.8 Å². The molecule has 0 aromatic heterocycles. The lowest BCUT2D eigenvalue weighted by atomic mass is 10.2. The lowest BCUT2D eigenvalue weighted by Crippen LogP contribution is -2.17. The van der Waals surface area contributed by atoms with E-state index in [4.69, 9.17) is 0 Å². The van der Waals surface area contributed by atoms with Gasteiger partial charge in [-0.25, -0.2) is 0 Å². The Labute approximate surface area is 81.9 Å². The van der Waals surface area contributed by atoms with Crippen molar-refractivity contribution in [2.24, 2.45) is 10.3 Å². The molecule has 2 heterocycles. The number of benzene rings is 1. The van der Waals surface area contributed by atoms with Crippen LogP contribution in [0.25, 0.3) is 0 Å². The summed E-state index contributed by atoms with van der Waals surface area (Å²) in [5.41, 5.74) is 6.34. The Kier molecular flexibility index (Phi) is 1.53. The predicted octanol–water partition coefficient (Wildman–Crippen LogP) is 1.83. The van der Waals surface area contributed by atoms with E-state index in [9.17, 15) is 0 Å². The minimum atomic E-state index is 0.843. The van der Waals surface area contributed by atoms with Crippen LogP contribution >= 0.6 is 0 Å². The molecule has 3 rings (SSSR count). The van der Waals surface area contributed by atoms with Crippen molar-refractivity contribution < 1.29 is 0 Å². The van der Waals surface area contributed by atoms with Crippen LogP contribution in [0.3, 0.4) is 0 Å². The summed E-state index contributed by atoms with van der Waals surface area (Å²) in [6.45, 7) is 0.972. The number of rotatable bonds is 1. The van der Waals surface area contributed by atoms with Crippen molar-refractivity contribution in [1.82, 2.24) is 5.43 Å². The van der Waals surface area contributed by atoms with Crippen LogP contribution in [0.5, 0.6) is 0 Å². The van der Waals surface area contributed by atoms with E-state index < -0.39 is 0 Å². The van der Waals surface area contributed by atoms with Gasteiger partial charge in [0.25, 0.3) is 0 Å². The second kappa shape index (κ2) is 2.83. The summed E-state index contributed by atoms with van der Waals surface area (Å²) in [7, 11) is 0. The molecular weight excluding hydrogens is 176 g/mol. The van der Waals surface area contributed by atoms with Gasteiger partial charge >= 0.3 is 0 Å². The van der Waals surface area contributed by atoms with E-state index in [2.05, 4.69) is 38.9 Å². The Balaban J connectivity index is 2.01. The third-order valence-corrected chi connectivity index (χ3v) is 2.54. The van der Waals surface area contributed by atoms with Crippen molar-refractivity contribution in [3.8, 4) is 0 Å². The SMILES string of the molecule is C1=C(N2CCc3ccccc32)N=N[N]1. The van der Waals surface area contributed by atoms with Gasteiger partial charge in [-0.1, -0.05) is 18.2 Å². The highest BCUT2D eigenvalue weighted by atomic mass is 15.5. The molecule has 0 unspecified atom stereocenters. The van der Waals surface area contributed by atoms with Gasteiger partial charge in [0, 0.05) is 12.2 Å². The van der Waals surface area contributed by atoms with Crippen molar-refractivity contribution in [1.29, 1.82) is 0 Å². The first kappa shape index (κ1) is 7.55. The van der Waals surface area contributed by atoms with Gasteiger partial charge in [0.05, 0.1) is 6.20 Å². The minimum absolute atomic E-state index is 0.843. The number of anilines is 1. The molecule has 69 valence electrons. The van der Waals surface area contributed by atoms with E-state index >= 15 is 0 Å². The van der Waals surface area contributed by atoms with Crippen LogP contribution in [0.4, 0.5) is 5.69 Å². The Morgan fingerprint density at radius 3 is 3.00 bits per heavy atom. The molecular formula is C10H9N4. The highest BCUT2D eigenvalue weighted by molar-refractivity contribution is 5.61. The molecule has 0 fully saturated rings. The van der Waals surface area contributed by atoms with Gasteiger partial charge in [0.15, 0.2) is 5.82 Å². The molecule has 1 radical (unpaired) electrons. The van der Waals surface area contributed by atoms with Crippen LogP contribution in [0.2, 0.25) is 0 Å². The summed E-state index contributed by atoms with van der Waals surface area (Å²) in [6, 6.07) is 8.37. The molecule has 0 aliphatic carbocycles. The molecule has 0 N–H and O–H groups in total. The molecule has 0 bridgehead atoms. The third-order valence-electron chi connectivity index (χ3n) is 2.54. The minimum Gasteiger partial charge on any atom is -0.323 e. The molecule has 0 spiro atoms. The smallest absolute Gasteiger partial charge is 0.177 e. The number of hydrogen-bond acceptors (Lipinski definition) is 3. The van der Waals surface area contributed by atoms with Crippen LogP contribution in [-0.4, -0.2) is 6.54 Å². The first-order valence-electron chi connectivity index (χ1n) is 4.61. The van der Waals surface area contributed by atoms with Crippen LogP contribution in [0, 0.1) is 0 Å². The first-order valence-corrected chi connectivity index (χ1v) is 4.61. The van der Waals surface area contributed by atoms with Crippen molar-refractivity contribution in [2.45, 2.75) is 6.42 Å². The van der Waals surface area contributed by atoms with Gasteiger partial charge in [-0.2, -0.15) is 0 Å². The maximum atomic E-state index is 3.96. The van der Waals surface area contributed by atoms with Gasteiger partial charge in [0.1, 0.15) is 0 Å². The standard InChI is InChI=1S/C10H9N4/c1-2-4-9-8(3-1)5-6-14(9)10-7-11-13-12-10/h1-4,7H,5-6H2. The third kappa shape index (κ3) is 1.00. The first-order chi connectivity index (χ1) is 6.95. The summed E-state index contributed by atoms with van der Waals surface area (Å²) < 4.78 is 0. The van der Waals surface area contributed by atoms with Crippen LogP contribution in [0.1, 0.15) is 5.56 Å². The fourth-order valence-corrected chi connectivity index (χ4v) is 1.87. The second-order valence-corrected chi connectivity index (χ2v) is 3.32. The monoisotopic (exact) mass is 185 g/mol. The zero-order valence-corrected chi connectivity index (χ0v) is 7.59. The molecule has 2 aliphatic heterocycles. The largest absolute Gasteiger partial charge is 0.323 e. The second-order valence-electron chi connectivity index (χ2n) is 3.32. The normalized spacial score (nSPS) is 18.0. The predicted molar refractivity (Wildman–Crippen MR) is 52.6 cm³/mol. The number of nitrogens with zero attached hydrogens (tertiary/aromatic N) is 4. The Bertz CT molecular complexity index is 422. The number of para-hydroxylation sites is 1. The lowest BCUT2D eigenvalue weighted by Gasteiger charge is -2.15. The van der Waals surface area contributed by atoms with E-state index in [1.165, 1.54) is 11.3 Å². The van der Waals surface area contributed by atoms with Gasteiger partial charge < -0.3 is 4.90 Å². The fraction of sp³-hybridized carbons (Fsp3) is 0.200. The Morgan fingerprint density at radius 2 is 2.14 bits per heavy atom. The van der Waals surface area contributed by atoms with Gasteiger partial charge in [0.2, 0.25) is 0 Å². The quantitative estimate of drug-likeness (QED) is 0.658. The zero-order valence-electron chi connectivity index (χ0n) is 7.59. The Morgan fingerprint density at radius 1 is 1.21 bits per heavy atom. The van der Waals surface area contributed by atoms with Crippen molar-refractivity contribution in [3.63, 3.8) is 0 Å². The van der Waals surface area contributed by atoms with Gasteiger partial charge in [-0.15, -0.1) is 10.5 Å². The number of hydrogen-bond donors (Lipinski definition) is 0. The summed E-state index contributed by atoms with van der Waals surface area (Å²) in [6.07, 6.45) is 2.77. The number of fused-ring (bicyclic) bond motifs is 1. The molecule has 0 saturated carbocycles.